The number of rotatable bonds is 10. The second-order valence-electron chi connectivity index (χ2n) is 11.0. The van der Waals surface area contributed by atoms with E-state index in [1.54, 1.807) is 36.0 Å². The number of aromatic nitrogens is 2. The average molecular weight is 608 g/mol. The van der Waals surface area contributed by atoms with Crippen molar-refractivity contribution in [2.24, 2.45) is 0 Å². The van der Waals surface area contributed by atoms with E-state index in [9.17, 15) is 28.0 Å². The number of nitriles is 1. The van der Waals surface area contributed by atoms with Crippen molar-refractivity contribution in [2.45, 2.75) is 50.7 Å². The van der Waals surface area contributed by atoms with Crippen molar-refractivity contribution in [1.82, 2.24) is 25.3 Å². The number of hydrogen-bond acceptors (Lipinski definition) is 6. The molecule has 4 rings (SSSR count). The largest absolute Gasteiger partial charge is 0.416 e. The minimum atomic E-state index is -4.61. The lowest BCUT2D eigenvalue weighted by Crippen LogP contribution is -2.40. The molecular formula is C32H36F3N7O2. The van der Waals surface area contributed by atoms with E-state index in [-0.39, 0.29) is 23.0 Å². The lowest BCUT2D eigenvalue weighted by Gasteiger charge is -2.24. The molecule has 1 aliphatic carbocycles. The third kappa shape index (κ3) is 7.85. The molecular weight excluding hydrogens is 571 g/mol. The van der Waals surface area contributed by atoms with E-state index in [0.717, 1.165) is 49.8 Å². The van der Waals surface area contributed by atoms with Gasteiger partial charge in [-0.05, 0) is 81.4 Å². The number of hydrogen-bond donors (Lipinski definition) is 3. The first-order chi connectivity index (χ1) is 21.0. The van der Waals surface area contributed by atoms with Gasteiger partial charge in [-0.25, -0.2) is 4.68 Å². The van der Waals surface area contributed by atoms with E-state index in [1.807, 2.05) is 19.0 Å². The normalized spacial score (nSPS) is 14.5. The van der Waals surface area contributed by atoms with E-state index >= 15 is 0 Å². The molecule has 0 spiro atoms. The Labute approximate surface area is 254 Å². The summed E-state index contributed by atoms with van der Waals surface area (Å²) in [6, 6.07) is 13.1. The van der Waals surface area contributed by atoms with Crippen LogP contribution in [-0.4, -0.2) is 60.2 Å². The van der Waals surface area contributed by atoms with Crippen molar-refractivity contribution in [3.05, 3.63) is 82.7 Å². The summed E-state index contributed by atoms with van der Waals surface area (Å²) in [5.41, 5.74) is 1.18. The first kappa shape index (κ1) is 32.3. The van der Waals surface area contributed by atoms with Gasteiger partial charge in [0.05, 0.1) is 40.5 Å². The van der Waals surface area contributed by atoms with Crippen LogP contribution in [0.5, 0.6) is 0 Å². The summed E-state index contributed by atoms with van der Waals surface area (Å²) in [6.45, 7) is 0.696. The summed E-state index contributed by atoms with van der Waals surface area (Å²) >= 11 is 0. The van der Waals surface area contributed by atoms with Gasteiger partial charge in [0.1, 0.15) is 5.57 Å². The van der Waals surface area contributed by atoms with Gasteiger partial charge in [-0.15, -0.1) is 0 Å². The van der Waals surface area contributed by atoms with Crippen molar-refractivity contribution in [3.8, 4) is 11.8 Å². The van der Waals surface area contributed by atoms with Gasteiger partial charge < -0.3 is 20.9 Å². The topological polar surface area (TPSA) is 115 Å². The summed E-state index contributed by atoms with van der Waals surface area (Å²) in [6.07, 6.45) is 2.01. The van der Waals surface area contributed by atoms with E-state index < -0.39 is 23.6 Å². The molecule has 1 aromatic heterocycles. The molecule has 3 N–H and O–H groups in total. The number of carbonyl (C=O) groups excluding carboxylic acids is 2. The molecule has 2 amide bonds. The Hall–Kier alpha value is -4.63. The van der Waals surface area contributed by atoms with Crippen molar-refractivity contribution >= 4 is 23.2 Å². The second kappa shape index (κ2) is 14.2. The van der Waals surface area contributed by atoms with Crippen LogP contribution in [0.15, 0.2) is 60.3 Å². The minimum Gasteiger partial charge on any atom is -0.386 e. The fourth-order valence-corrected chi connectivity index (χ4v) is 5.27. The first-order valence-corrected chi connectivity index (χ1v) is 14.5. The molecule has 0 saturated heterocycles. The van der Waals surface area contributed by atoms with Gasteiger partial charge in [0, 0.05) is 25.3 Å². The number of amides is 2. The number of benzene rings is 2. The monoisotopic (exact) mass is 607 g/mol. The molecule has 2 aromatic carbocycles. The van der Waals surface area contributed by atoms with Crippen molar-refractivity contribution in [2.75, 3.05) is 33.0 Å². The van der Waals surface area contributed by atoms with Gasteiger partial charge in [0.15, 0.2) is 0 Å². The molecule has 0 aliphatic heterocycles. The fraction of sp³-hybridized carbons (Fsp3) is 0.375. The third-order valence-electron chi connectivity index (χ3n) is 7.51. The number of nitrogens with zero attached hydrogens (tertiary/aromatic N) is 4. The quantitative estimate of drug-likeness (QED) is 0.172. The summed E-state index contributed by atoms with van der Waals surface area (Å²) < 4.78 is 41.7. The molecule has 0 atom stereocenters. The highest BCUT2D eigenvalue weighted by Crippen LogP contribution is 2.31. The summed E-state index contributed by atoms with van der Waals surface area (Å²) in [5, 5.41) is 22.4. The van der Waals surface area contributed by atoms with Crippen LogP contribution in [0.3, 0.4) is 0 Å². The number of anilines is 1. The van der Waals surface area contributed by atoms with Gasteiger partial charge in [0.25, 0.3) is 11.8 Å². The lowest BCUT2D eigenvalue weighted by molar-refractivity contribution is -0.137. The Morgan fingerprint density at radius 2 is 1.82 bits per heavy atom. The van der Waals surface area contributed by atoms with Crippen LogP contribution in [0.2, 0.25) is 0 Å². The molecule has 1 saturated carbocycles. The van der Waals surface area contributed by atoms with E-state index in [0.29, 0.717) is 29.9 Å². The molecule has 0 bridgehead atoms. The van der Waals surface area contributed by atoms with Crippen LogP contribution in [0.25, 0.3) is 11.4 Å². The number of halogens is 3. The second-order valence-corrected chi connectivity index (χ2v) is 11.0. The maximum Gasteiger partial charge on any atom is 0.416 e. The zero-order valence-corrected chi connectivity index (χ0v) is 25.0. The SMILES string of the molecule is CN/C(=C(\C(=O)Nc1cccc(C(F)(F)F)c1)C(=O)NC1CCCCC1)c1ccnn1-c1ccc(C#N)cc1CCN(C)C. The highest BCUT2D eigenvalue weighted by Gasteiger charge is 2.32. The number of carbonyl (C=O) groups is 2. The van der Waals surface area contributed by atoms with Crippen LogP contribution >= 0.6 is 0 Å². The highest BCUT2D eigenvalue weighted by atomic mass is 19.4. The summed E-state index contributed by atoms with van der Waals surface area (Å²) in [4.78, 5) is 29.6. The molecule has 0 radical (unpaired) electrons. The number of likely N-dealkylation sites (N-methyl/N-ethyl adjacent to an activating group) is 1. The van der Waals surface area contributed by atoms with E-state index in [1.165, 1.54) is 18.3 Å². The van der Waals surface area contributed by atoms with Crippen LogP contribution < -0.4 is 16.0 Å². The molecule has 1 fully saturated rings. The summed E-state index contributed by atoms with van der Waals surface area (Å²) in [5.74, 6) is -1.52. The van der Waals surface area contributed by atoms with Crippen LogP contribution in [0, 0.1) is 11.3 Å². The minimum absolute atomic E-state index is 0.102. The van der Waals surface area contributed by atoms with Gasteiger partial charge in [-0.3, -0.25) is 9.59 Å². The van der Waals surface area contributed by atoms with Gasteiger partial charge in [0.2, 0.25) is 0 Å². The molecule has 3 aromatic rings. The Balaban J connectivity index is 1.81. The smallest absolute Gasteiger partial charge is 0.386 e. The van der Waals surface area contributed by atoms with Gasteiger partial charge >= 0.3 is 6.18 Å². The van der Waals surface area contributed by atoms with Gasteiger partial charge in [-0.2, -0.15) is 23.5 Å². The number of nitrogens with one attached hydrogen (secondary N) is 3. The van der Waals surface area contributed by atoms with Crippen molar-refractivity contribution in [3.63, 3.8) is 0 Å². The molecule has 0 unspecified atom stereocenters. The predicted molar refractivity (Wildman–Crippen MR) is 162 cm³/mol. The number of alkyl halides is 3. The molecule has 12 heteroatoms. The van der Waals surface area contributed by atoms with Crippen LogP contribution in [0.4, 0.5) is 18.9 Å². The maximum atomic E-state index is 13.8. The molecule has 44 heavy (non-hydrogen) atoms. The maximum absolute atomic E-state index is 13.8. The Kier molecular flexibility index (Phi) is 10.4. The molecule has 1 aliphatic rings. The zero-order valence-electron chi connectivity index (χ0n) is 25.0. The fourth-order valence-electron chi connectivity index (χ4n) is 5.27. The van der Waals surface area contributed by atoms with E-state index in [4.69, 9.17) is 0 Å². The van der Waals surface area contributed by atoms with Crippen LogP contribution in [-0.2, 0) is 22.2 Å². The predicted octanol–water partition coefficient (Wildman–Crippen LogP) is 4.88. The summed E-state index contributed by atoms with van der Waals surface area (Å²) in [7, 11) is 5.44. The van der Waals surface area contributed by atoms with E-state index in [2.05, 4.69) is 27.1 Å². The van der Waals surface area contributed by atoms with Crippen molar-refractivity contribution in [1.29, 1.82) is 5.26 Å². The Morgan fingerprint density at radius 1 is 1.07 bits per heavy atom. The zero-order chi connectivity index (χ0) is 31.9. The Bertz CT molecular complexity index is 1560. The Morgan fingerprint density at radius 3 is 2.48 bits per heavy atom. The highest BCUT2D eigenvalue weighted by molar-refractivity contribution is 6.27. The molecule has 9 nitrogen and oxygen atoms in total. The third-order valence-corrected chi connectivity index (χ3v) is 7.51. The molecule has 1 heterocycles. The standard InChI is InChI=1S/C32H36F3N7O2/c1-37-29(27-14-16-38-42(27)26-13-12-21(20-36)18-22(26)15-17-41(2)3)28(30(43)39-24-9-5-4-6-10-24)31(44)40-25-11-7-8-23(19-25)32(33,34)35/h7-8,11-14,16,18-19,24,37H,4-6,9-10,15,17H2,1-3H3,(H,39,43)(H,40,44)/b29-28-. The van der Waals surface area contributed by atoms with Gasteiger partial charge in [-0.1, -0.05) is 25.3 Å². The van der Waals surface area contributed by atoms with Crippen molar-refractivity contribution < 1.29 is 22.8 Å². The van der Waals surface area contributed by atoms with Crippen LogP contribution in [0.1, 0.15) is 54.5 Å². The molecule has 232 valence electrons. The lowest BCUT2D eigenvalue weighted by atomic mass is 9.95. The average Bonchev–Trinajstić information content (AvgIpc) is 3.48. The first-order valence-electron chi connectivity index (χ1n) is 14.5.